The fraction of sp³-hybridized carbons (Fsp3) is 0.250. The van der Waals surface area contributed by atoms with E-state index < -0.39 is 22.8 Å². The number of carbonyl (C=O) groups excluding carboxylic acids is 1. The molecule has 9 nitrogen and oxygen atoms in total. The van der Waals surface area contributed by atoms with Crippen molar-refractivity contribution in [1.29, 1.82) is 5.26 Å². The minimum Gasteiger partial charge on any atom is -0.481 e. The molecule has 0 aliphatic heterocycles. The fourth-order valence-electron chi connectivity index (χ4n) is 1.48. The monoisotopic (exact) mass is 292 g/mol. The lowest BCUT2D eigenvalue weighted by atomic mass is 10.1. The number of carbonyl (C=O) groups is 2. The van der Waals surface area contributed by atoms with E-state index >= 15 is 0 Å². The second kappa shape index (κ2) is 6.97. The molecule has 1 aromatic rings. The van der Waals surface area contributed by atoms with Gasteiger partial charge in [-0.3, -0.25) is 19.7 Å². The van der Waals surface area contributed by atoms with Crippen LogP contribution in [0.25, 0.3) is 0 Å². The molecule has 1 rings (SSSR count). The molecule has 1 unspecified atom stereocenters. The summed E-state index contributed by atoms with van der Waals surface area (Å²) in [6.07, 6.45) is -0.323. The first kappa shape index (κ1) is 16.1. The second-order valence-corrected chi connectivity index (χ2v) is 4.13. The van der Waals surface area contributed by atoms with Gasteiger partial charge in [-0.05, 0) is 12.5 Å². The summed E-state index contributed by atoms with van der Waals surface area (Å²) in [6, 6.07) is 4.06. The molecular formula is C12H12N4O5. The van der Waals surface area contributed by atoms with Crippen molar-refractivity contribution in [3.8, 4) is 6.07 Å². The highest BCUT2D eigenvalue weighted by atomic mass is 16.6. The lowest BCUT2D eigenvalue weighted by molar-refractivity contribution is -0.384. The van der Waals surface area contributed by atoms with Gasteiger partial charge in [0.05, 0.1) is 22.2 Å². The van der Waals surface area contributed by atoms with Gasteiger partial charge in [-0.2, -0.15) is 5.26 Å². The predicted octanol–water partition coefficient (Wildman–Crippen LogP) is 0.597. The molecule has 0 heterocycles. The van der Waals surface area contributed by atoms with E-state index in [2.05, 4.69) is 5.32 Å². The number of carboxylic acids is 1. The Hall–Kier alpha value is -2.99. The van der Waals surface area contributed by atoms with Crippen LogP contribution in [0.2, 0.25) is 0 Å². The van der Waals surface area contributed by atoms with Crippen LogP contribution in [0.1, 0.15) is 18.4 Å². The number of hydrogen-bond acceptors (Lipinski definition) is 6. The Morgan fingerprint density at radius 3 is 2.71 bits per heavy atom. The molecule has 4 N–H and O–H groups in total. The summed E-state index contributed by atoms with van der Waals surface area (Å²) in [5, 5.41) is 30.4. The molecule has 1 amide bonds. The molecule has 0 saturated heterocycles. The van der Waals surface area contributed by atoms with E-state index in [1.165, 1.54) is 6.07 Å². The number of nitro groups is 1. The molecule has 0 radical (unpaired) electrons. The predicted molar refractivity (Wildman–Crippen MR) is 71.3 cm³/mol. The minimum atomic E-state index is -1.08. The number of anilines is 1. The first-order valence-electron chi connectivity index (χ1n) is 5.82. The number of nitrogens with two attached hydrogens (primary N) is 1. The van der Waals surface area contributed by atoms with Crippen molar-refractivity contribution in [2.75, 3.05) is 5.32 Å². The maximum atomic E-state index is 11.7. The zero-order valence-corrected chi connectivity index (χ0v) is 10.8. The van der Waals surface area contributed by atoms with Gasteiger partial charge < -0.3 is 16.2 Å². The van der Waals surface area contributed by atoms with Crippen molar-refractivity contribution < 1.29 is 19.6 Å². The van der Waals surface area contributed by atoms with Gasteiger partial charge in [-0.1, -0.05) is 0 Å². The normalized spacial score (nSPS) is 11.2. The highest BCUT2D eigenvalue weighted by Crippen LogP contribution is 2.21. The Morgan fingerprint density at radius 1 is 1.52 bits per heavy atom. The van der Waals surface area contributed by atoms with Crippen molar-refractivity contribution in [1.82, 2.24) is 0 Å². The summed E-state index contributed by atoms with van der Waals surface area (Å²) in [5.41, 5.74) is 5.24. The van der Waals surface area contributed by atoms with Crippen LogP contribution in [0.15, 0.2) is 18.2 Å². The molecule has 0 aromatic heterocycles. The molecule has 0 aliphatic carbocycles. The Labute approximate surface area is 119 Å². The van der Waals surface area contributed by atoms with Gasteiger partial charge in [-0.15, -0.1) is 0 Å². The Kier molecular flexibility index (Phi) is 5.33. The Balaban J connectivity index is 2.83. The lowest BCUT2D eigenvalue weighted by Gasteiger charge is -2.12. The first-order valence-corrected chi connectivity index (χ1v) is 5.82. The van der Waals surface area contributed by atoms with Gasteiger partial charge in [0, 0.05) is 18.6 Å². The molecule has 110 valence electrons. The van der Waals surface area contributed by atoms with Crippen LogP contribution in [0.3, 0.4) is 0 Å². The third-order valence-electron chi connectivity index (χ3n) is 2.60. The second-order valence-electron chi connectivity index (χ2n) is 4.13. The van der Waals surface area contributed by atoms with Gasteiger partial charge in [0.2, 0.25) is 5.91 Å². The summed E-state index contributed by atoms with van der Waals surface area (Å²) in [4.78, 5) is 32.1. The first-order chi connectivity index (χ1) is 9.85. The summed E-state index contributed by atoms with van der Waals surface area (Å²) >= 11 is 0. The standard InChI is InChI=1S/C12H12N4O5/c13-6-7-5-8(16(20)21)1-3-10(7)15-12(19)9(14)2-4-11(17)18/h1,3,5,9H,2,4,14H2,(H,15,19)(H,17,18). The molecule has 0 saturated carbocycles. The average molecular weight is 292 g/mol. The van der Waals surface area contributed by atoms with Gasteiger partial charge >= 0.3 is 5.97 Å². The number of hydrogen-bond donors (Lipinski definition) is 3. The number of nitrogens with one attached hydrogen (secondary N) is 1. The van der Waals surface area contributed by atoms with Gasteiger partial charge in [0.15, 0.2) is 0 Å². The molecular weight excluding hydrogens is 280 g/mol. The van der Waals surface area contributed by atoms with E-state index in [0.717, 1.165) is 12.1 Å². The number of nitriles is 1. The van der Waals surface area contributed by atoms with Crippen LogP contribution in [-0.2, 0) is 9.59 Å². The summed E-state index contributed by atoms with van der Waals surface area (Å²) < 4.78 is 0. The number of rotatable bonds is 6. The van der Waals surface area contributed by atoms with Crippen LogP contribution in [0, 0.1) is 21.4 Å². The molecule has 0 bridgehead atoms. The van der Waals surface area contributed by atoms with E-state index in [1.807, 2.05) is 0 Å². The van der Waals surface area contributed by atoms with Crippen LogP contribution in [-0.4, -0.2) is 27.9 Å². The van der Waals surface area contributed by atoms with Gasteiger partial charge in [0.1, 0.15) is 6.07 Å². The van der Waals surface area contributed by atoms with Crippen LogP contribution in [0.5, 0.6) is 0 Å². The van der Waals surface area contributed by atoms with Crippen molar-refractivity contribution in [2.24, 2.45) is 5.73 Å². The van der Waals surface area contributed by atoms with E-state index in [4.69, 9.17) is 16.1 Å². The van der Waals surface area contributed by atoms with Crippen molar-refractivity contribution in [2.45, 2.75) is 18.9 Å². The van der Waals surface area contributed by atoms with E-state index in [0.29, 0.717) is 0 Å². The average Bonchev–Trinajstić information content (AvgIpc) is 2.44. The van der Waals surface area contributed by atoms with Crippen molar-refractivity contribution >= 4 is 23.3 Å². The molecule has 9 heteroatoms. The largest absolute Gasteiger partial charge is 0.481 e. The topological polar surface area (TPSA) is 159 Å². The third-order valence-corrected chi connectivity index (χ3v) is 2.60. The van der Waals surface area contributed by atoms with Crippen LogP contribution in [0.4, 0.5) is 11.4 Å². The number of amides is 1. The molecule has 21 heavy (non-hydrogen) atoms. The number of nitro benzene ring substituents is 1. The summed E-state index contributed by atoms with van der Waals surface area (Å²) in [5.74, 6) is -1.74. The van der Waals surface area contributed by atoms with Gasteiger partial charge in [-0.25, -0.2) is 0 Å². The molecule has 0 fully saturated rings. The third kappa shape index (κ3) is 4.55. The number of aliphatic carboxylic acids is 1. The molecule has 0 aliphatic rings. The molecule has 1 aromatic carbocycles. The number of carboxylic acid groups (broad SMARTS) is 1. The maximum Gasteiger partial charge on any atom is 0.303 e. The van der Waals surface area contributed by atoms with Crippen molar-refractivity contribution in [3.05, 3.63) is 33.9 Å². The Bertz CT molecular complexity index is 623. The quantitative estimate of drug-likeness (QED) is 0.511. The number of nitrogens with zero attached hydrogens (tertiary/aromatic N) is 2. The summed E-state index contributed by atoms with van der Waals surface area (Å²) in [6.45, 7) is 0. The van der Waals surface area contributed by atoms with E-state index in [9.17, 15) is 19.7 Å². The van der Waals surface area contributed by atoms with E-state index in [1.54, 1.807) is 6.07 Å². The highest BCUT2D eigenvalue weighted by molar-refractivity contribution is 5.96. The van der Waals surface area contributed by atoms with Crippen LogP contribution < -0.4 is 11.1 Å². The highest BCUT2D eigenvalue weighted by Gasteiger charge is 2.17. The number of benzene rings is 1. The van der Waals surface area contributed by atoms with Crippen LogP contribution >= 0.6 is 0 Å². The SMILES string of the molecule is N#Cc1cc([N+](=O)[O-])ccc1NC(=O)C(N)CCC(=O)O. The lowest BCUT2D eigenvalue weighted by Crippen LogP contribution is -2.36. The molecule has 0 spiro atoms. The zero-order valence-electron chi connectivity index (χ0n) is 10.8. The number of non-ortho nitro benzene ring substituents is 1. The zero-order chi connectivity index (χ0) is 16.0. The minimum absolute atomic E-state index is 0.0595. The smallest absolute Gasteiger partial charge is 0.303 e. The van der Waals surface area contributed by atoms with E-state index in [-0.39, 0.29) is 29.8 Å². The Morgan fingerprint density at radius 2 is 2.19 bits per heavy atom. The summed E-state index contributed by atoms with van der Waals surface area (Å²) in [7, 11) is 0. The van der Waals surface area contributed by atoms with Crippen molar-refractivity contribution in [3.63, 3.8) is 0 Å². The maximum absolute atomic E-state index is 11.7. The fourth-order valence-corrected chi connectivity index (χ4v) is 1.48. The molecule has 1 atom stereocenters. The van der Waals surface area contributed by atoms with Gasteiger partial charge in [0.25, 0.3) is 5.69 Å².